The zero-order valence-corrected chi connectivity index (χ0v) is 10.1. The van der Waals surface area contributed by atoms with Gasteiger partial charge in [0.15, 0.2) is 12.4 Å². The predicted octanol–water partition coefficient (Wildman–Crippen LogP) is 0.605. The minimum atomic E-state index is -1.04. The molecule has 0 saturated carbocycles. The quantitative estimate of drug-likeness (QED) is 0.826. The average Bonchev–Trinajstić information content (AvgIpc) is 2.89. The Balaban J connectivity index is 1.91. The molecule has 2 aromatic rings. The van der Waals surface area contributed by atoms with Crippen LogP contribution in [0.2, 0.25) is 0 Å². The van der Waals surface area contributed by atoms with Gasteiger partial charge in [0.25, 0.3) is 0 Å². The number of hydrogen-bond acceptors (Lipinski definition) is 5. The lowest BCUT2D eigenvalue weighted by Gasteiger charge is -1.99. The number of carbonyl (C=O) groups excluding carboxylic acids is 1. The first kappa shape index (κ1) is 12.2. The Hall–Kier alpha value is -2.22. The van der Waals surface area contributed by atoms with Crippen LogP contribution in [0.15, 0.2) is 23.7 Å². The highest BCUT2D eigenvalue weighted by atomic mass is 32.1. The molecular formula is C10H10N4O3S. The van der Waals surface area contributed by atoms with E-state index >= 15 is 0 Å². The number of carboxylic acid groups (broad SMARTS) is 1. The monoisotopic (exact) mass is 266 g/mol. The predicted molar refractivity (Wildman–Crippen MR) is 64.3 cm³/mol. The largest absolute Gasteiger partial charge is 0.480 e. The maximum atomic E-state index is 11.6. The number of rotatable bonds is 5. The molecule has 0 saturated heterocycles. The average molecular weight is 266 g/mol. The first-order valence-electron chi connectivity index (χ1n) is 5.07. The molecule has 0 radical (unpaired) electrons. The fourth-order valence-corrected chi connectivity index (χ4v) is 2.01. The molecule has 18 heavy (non-hydrogen) atoms. The van der Waals surface area contributed by atoms with Crippen molar-refractivity contribution < 1.29 is 14.7 Å². The molecule has 0 unspecified atom stereocenters. The van der Waals surface area contributed by atoms with Gasteiger partial charge in [-0.1, -0.05) is 6.07 Å². The number of carboxylic acids is 1. The lowest BCUT2D eigenvalue weighted by atomic mass is 10.3. The van der Waals surface area contributed by atoms with Crippen molar-refractivity contribution >= 4 is 29.0 Å². The third kappa shape index (κ3) is 3.39. The molecule has 7 nitrogen and oxygen atoms in total. The lowest BCUT2D eigenvalue weighted by Crippen LogP contribution is -2.15. The van der Waals surface area contributed by atoms with Crippen LogP contribution in [0.1, 0.15) is 4.88 Å². The first-order valence-corrected chi connectivity index (χ1v) is 5.95. The van der Waals surface area contributed by atoms with Crippen molar-refractivity contribution in [3.63, 3.8) is 0 Å². The van der Waals surface area contributed by atoms with Crippen LogP contribution < -0.4 is 5.32 Å². The second kappa shape index (κ2) is 5.41. The highest BCUT2D eigenvalue weighted by Crippen LogP contribution is 2.10. The van der Waals surface area contributed by atoms with E-state index in [2.05, 4.69) is 15.5 Å². The summed E-state index contributed by atoms with van der Waals surface area (Å²) in [7, 11) is 0. The standard InChI is InChI=1S/C10H10N4O3S/c15-9(4-7-2-1-3-18-7)12-8-5-11-14(13-8)6-10(16)17/h1-3,5H,4,6H2,(H,16,17)(H,12,13,15). The minimum Gasteiger partial charge on any atom is -0.480 e. The molecule has 2 aromatic heterocycles. The van der Waals surface area contributed by atoms with E-state index in [1.165, 1.54) is 17.5 Å². The van der Waals surface area contributed by atoms with Gasteiger partial charge in [-0.25, -0.2) is 0 Å². The maximum absolute atomic E-state index is 11.6. The van der Waals surface area contributed by atoms with Crippen molar-refractivity contribution in [3.8, 4) is 0 Å². The third-order valence-corrected chi connectivity index (χ3v) is 2.87. The number of thiophene rings is 1. The highest BCUT2D eigenvalue weighted by Gasteiger charge is 2.08. The van der Waals surface area contributed by atoms with Crippen molar-refractivity contribution in [1.82, 2.24) is 15.0 Å². The lowest BCUT2D eigenvalue weighted by molar-refractivity contribution is -0.138. The van der Waals surface area contributed by atoms with Gasteiger partial charge in [0.05, 0.1) is 12.6 Å². The van der Waals surface area contributed by atoms with E-state index in [0.29, 0.717) is 0 Å². The van der Waals surface area contributed by atoms with E-state index < -0.39 is 5.97 Å². The van der Waals surface area contributed by atoms with Gasteiger partial charge in [-0.2, -0.15) is 9.90 Å². The van der Waals surface area contributed by atoms with E-state index in [1.807, 2.05) is 17.5 Å². The summed E-state index contributed by atoms with van der Waals surface area (Å²) in [6.45, 7) is -0.333. The molecule has 0 bridgehead atoms. The van der Waals surface area contributed by atoms with Gasteiger partial charge in [-0.3, -0.25) is 9.59 Å². The Kier molecular flexibility index (Phi) is 3.68. The number of aromatic nitrogens is 3. The van der Waals surface area contributed by atoms with Gasteiger partial charge in [-0.05, 0) is 11.4 Å². The number of amides is 1. The molecule has 0 aliphatic rings. The van der Waals surface area contributed by atoms with E-state index in [1.54, 1.807) is 0 Å². The summed E-state index contributed by atoms with van der Waals surface area (Å²) in [6, 6.07) is 3.74. The van der Waals surface area contributed by atoms with Crippen LogP contribution in [0, 0.1) is 0 Å². The second-order valence-electron chi connectivity index (χ2n) is 3.46. The topological polar surface area (TPSA) is 97.1 Å². The zero-order valence-electron chi connectivity index (χ0n) is 9.24. The van der Waals surface area contributed by atoms with E-state index in [0.717, 1.165) is 9.67 Å². The van der Waals surface area contributed by atoms with E-state index in [9.17, 15) is 9.59 Å². The smallest absolute Gasteiger partial charge is 0.327 e. The molecule has 2 N–H and O–H groups in total. The van der Waals surface area contributed by atoms with Gasteiger partial charge in [0, 0.05) is 4.88 Å². The number of aliphatic carboxylic acids is 1. The van der Waals surface area contributed by atoms with E-state index in [-0.39, 0.29) is 24.7 Å². The molecule has 8 heteroatoms. The van der Waals surface area contributed by atoms with Gasteiger partial charge in [-0.15, -0.1) is 16.4 Å². The number of anilines is 1. The normalized spacial score (nSPS) is 10.2. The summed E-state index contributed by atoms with van der Waals surface area (Å²) in [6.07, 6.45) is 1.58. The summed E-state index contributed by atoms with van der Waals surface area (Å²) in [4.78, 5) is 24.0. The number of hydrogen-bond donors (Lipinski definition) is 2. The van der Waals surface area contributed by atoms with Gasteiger partial charge >= 0.3 is 5.97 Å². The van der Waals surface area contributed by atoms with E-state index in [4.69, 9.17) is 5.11 Å². The van der Waals surface area contributed by atoms with Crippen LogP contribution >= 0.6 is 11.3 Å². The SMILES string of the molecule is O=C(O)Cn1ncc(NC(=O)Cc2cccs2)n1. The Morgan fingerprint density at radius 2 is 2.33 bits per heavy atom. The Labute approximate surface area is 106 Å². The Morgan fingerprint density at radius 3 is 3.00 bits per heavy atom. The summed E-state index contributed by atoms with van der Waals surface area (Å²) >= 11 is 1.50. The molecule has 94 valence electrons. The van der Waals surface area contributed by atoms with Crippen LogP contribution in [-0.2, 0) is 22.6 Å². The second-order valence-corrected chi connectivity index (χ2v) is 4.49. The zero-order chi connectivity index (χ0) is 13.0. The van der Waals surface area contributed by atoms with Crippen LogP contribution in [-0.4, -0.2) is 32.0 Å². The van der Waals surface area contributed by atoms with Crippen LogP contribution in [0.4, 0.5) is 5.82 Å². The van der Waals surface area contributed by atoms with Gasteiger partial charge in [0.2, 0.25) is 5.91 Å². The number of nitrogens with zero attached hydrogens (tertiary/aromatic N) is 3. The van der Waals surface area contributed by atoms with Crippen LogP contribution in [0.3, 0.4) is 0 Å². The third-order valence-electron chi connectivity index (χ3n) is 2.00. The fraction of sp³-hybridized carbons (Fsp3) is 0.200. The van der Waals surface area contributed by atoms with Crippen molar-refractivity contribution in [1.29, 1.82) is 0 Å². The summed E-state index contributed by atoms with van der Waals surface area (Å²) in [5, 5.41) is 20.5. The molecule has 1 amide bonds. The summed E-state index contributed by atoms with van der Waals surface area (Å²) < 4.78 is 0. The number of carbonyl (C=O) groups is 2. The number of nitrogens with one attached hydrogen (secondary N) is 1. The molecular weight excluding hydrogens is 256 g/mol. The summed E-state index contributed by atoms with van der Waals surface area (Å²) in [5.41, 5.74) is 0. The van der Waals surface area contributed by atoms with Crippen LogP contribution in [0.25, 0.3) is 0 Å². The van der Waals surface area contributed by atoms with Gasteiger partial charge < -0.3 is 10.4 Å². The van der Waals surface area contributed by atoms with Crippen molar-refractivity contribution in [3.05, 3.63) is 28.6 Å². The molecule has 0 atom stereocenters. The highest BCUT2D eigenvalue weighted by molar-refractivity contribution is 7.10. The molecule has 0 aliphatic carbocycles. The molecule has 0 fully saturated rings. The van der Waals surface area contributed by atoms with Crippen LogP contribution in [0.5, 0.6) is 0 Å². The van der Waals surface area contributed by atoms with Crippen molar-refractivity contribution in [2.24, 2.45) is 0 Å². The Morgan fingerprint density at radius 1 is 1.50 bits per heavy atom. The van der Waals surface area contributed by atoms with Gasteiger partial charge in [0.1, 0.15) is 0 Å². The molecule has 0 aliphatic heterocycles. The first-order chi connectivity index (χ1) is 8.63. The Bertz CT molecular complexity index is 549. The molecule has 0 spiro atoms. The molecule has 0 aromatic carbocycles. The molecule has 2 heterocycles. The summed E-state index contributed by atoms with van der Waals surface area (Å²) in [5.74, 6) is -1.00. The fourth-order valence-electron chi connectivity index (χ4n) is 1.31. The van der Waals surface area contributed by atoms with Crippen molar-refractivity contribution in [2.45, 2.75) is 13.0 Å². The van der Waals surface area contributed by atoms with Crippen molar-refractivity contribution in [2.75, 3.05) is 5.32 Å². The molecule has 2 rings (SSSR count). The maximum Gasteiger partial charge on any atom is 0.327 e. The minimum absolute atomic E-state index is 0.208.